The number of carbonyl (C=O) groups is 1. The third kappa shape index (κ3) is 28.7. The van der Waals surface area contributed by atoms with E-state index in [1.54, 1.807) is 0 Å². The van der Waals surface area contributed by atoms with Gasteiger partial charge >= 0.3 is 0 Å². The van der Waals surface area contributed by atoms with E-state index in [1.807, 2.05) is 30.3 Å². The highest BCUT2D eigenvalue weighted by Gasteiger charge is 2.48. The van der Waals surface area contributed by atoms with Crippen LogP contribution in [0.5, 0.6) is 0 Å². The lowest BCUT2D eigenvalue weighted by atomic mass is 9.80. The Bertz CT molecular complexity index is 2630. The smallest absolute Gasteiger partial charge is 0.220 e. The molecular formula is C80H111NO8. The fourth-order valence-corrected chi connectivity index (χ4v) is 12.5. The Kier molecular flexibility index (Phi) is 35.8. The van der Waals surface area contributed by atoms with E-state index in [2.05, 4.69) is 171 Å². The number of rotatable bonds is 49. The summed E-state index contributed by atoms with van der Waals surface area (Å²) in [6, 6.07) is 62.1. The molecule has 1 aliphatic carbocycles. The number of hydrogen-bond donors (Lipinski definition) is 1. The van der Waals surface area contributed by atoms with Crippen LogP contribution in [0.15, 0.2) is 182 Å². The van der Waals surface area contributed by atoms with E-state index >= 15 is 0 Å². The lowest BCUT2D eigenvalue weighted by molar-refractivity contribution is -0.235. The van der Waals surface area contributed by atoms with E-state index in [1.165, 1.54) is 102 Å². The van der Waals surface area contributed by atoms with Gasteiger partial charge in [0.2, 0.25) is 5.91 Å². The Morgan fingerprint density at radius 1 is 0.416 bits per heavy atom. The van der Waals surface area contributed by atoms with Gasteiger partial charge < -0.3 is 38.5 Å². The summed E-state index contributed by atoms with van der Waals surface area (Å²) in [7, 11) is 0. The second-order valence-corrected chi connectivity index (χ2v) is 25.0. The number of hydrogen-bond acceptors (Lipinski definition) is 8. The van der Waals surface area contributed by atoms with E-state index in [0.717, 1.165) is 79.2 Å². The summed E-state index contributed by atoms with van der Waals surface area (Å²) in [6.07, 6.45) is 25.2. The first kappa shape index (κ1) is 71.0. The molecule has 0 heterocycles. The first-order valence-corrected chi connectivity index (χ1v) is 34.9. The molecule has 0 aliphatic heterocycles. The zero-order valence-corrected chi connectivity index (χ0v) is 54.5. The summed E-state index contributed by atoms with van der Waals surface area (Å²) in [4.78, 5) is 14.8. The number of unbranched alkanes of at least 4 members (excludes halogenated alkanes) is 18. The lowest BCUT2D eigenvalue weighted by Crippen LogP contribution is -2.59. The molecule has 0 bridgehead atoms. The van der Waals surface area contributed by atoms with Crippen LogP contribution in [0.4, 0.5) is 0 Å². The Hall–Kier alpha value is -5.49. The lowest BCUT2D eigenvalue weighted by Gasteiger charge is -2.46. The molecule has 0 radical (unpaired) electrons. The third-order valence-corrected chi connectivity index (χ3v) is 17.5. The minimum Gasteiger partial charge on any atom is -0.381 e. The maximum atomic E-state index is 14.8. The molecule has 0 spiro atoms. The van der Waals surface area contributed by atoms with Crippen molar-refractivity contribution in [3.63, 3.8) is 0 Å². The minimum absolute atomic E-state index is 0.00445. The third-order valence-electron chi connectivity index (χ3n) is 17.5. The number of benzene rings is 6. The van der Waals surface area contributed by atoms with Crippen LogP contribution in [0, 0.1) is 5.92 Å². The first-order valence-electron chi connectivity index (χ1n) is 34.9. The number of nitrogens with one attached hydrogen (secondary N) is 1. The largest absolute Gasteiger partial charge is 0.381 e. The van der Waals surface area contributed by atoms with Crippen molar-refractivity contribution in [2.24, 2.45) is 5.92 Å². The summed E-state index contributed by atoms with van der Waals surface area (Å²) in [5.41, 5.74) is 6.78. The Balaban J connectivity index is 1.16. The molecule has 9 heteroatoms. The van der Waals surface area contributed by atoms with E-state index in [-0.39, 0.29) is 30.6 Å². The van der Waals surface area contributed by atoms with Crippen LogP contribution < -0.4 is 5.32 Å². The SMILES string of the molecule is CCCCCCCCCCCCCC[C@@H](OCc1ccccc1)[C@@H](OCc1ccccc1)[C@H](CO[C@H]1C[C@H](COCCC)[C@H](OCc2ccccc2)[C@H](OCc2ccccc2)[C@H]1OCc1ccccc1)NC(=O)CCCCCCCCCCc1ccccc1. The summed E-state index contributed by atoms with van der Waals surface area (Å²) < 4.78 is 49.9. The Morgan fingerprint density at radius 3 is 1.30 bits per heavy atom. The molecule has 1 N–H and O–H groups in total. The molecule has 0 aromatic heterocycles. The highest BCUT2D eigenvalue weighted by Crippen LogP contribution is 2.36. The number of amides is 1. The van der Waals surface area contributed by atoms with Crippen molar-refractivity contribution in [2.75, 3.05) is 19.8 Å². The molecule has 6 aromatic carbocycles. The summed E-state index contributed by atoms with van der Waals surface area (Å²) in [5, 5.41) is 3.60. The Labute approximate surface area is 537 Å². The molecule has 8 atom stereocenters. The van der Waals surface area contributed by atoms with Gasteiger partial charge in [-0.25, -0.2) is 0 Å². The predicted octanol–water partition coefficient (Wildman–Crippen LogP) is 19.1. The maximum Gasteiger partial charge on any atom is 0.220 e. The normalized spacial score (nSPS) is 17.7. The predicted molar refractivity (Wildman–Crippen MR) is 363 cm³/mol. The van der Waals surface area contributed by atoms with Gasteiger partial charge in [-0.2, -0.15) is 0 Å². The second kappa shape index (κ2) is 44.9. The topological polar surface area (TPSA) is 93.7 Å². The van der Waals surface area contributed by atoms with E-state index in [9.17, 15) is 4.79 Å². The summed E-state index contributed by atoms with van der Waals surface area (Å²) >= 11 is 0. The first-order chi connectivity index (χ1) is 44.1. The van der Waals surface area contributed by atoms with Crippen molar-refractivity contribution < 1.29 is 38.0 Å². The van der Waals surface area contributed by atoms with Gasteiger partial charge in [-0.3, -0.25) is 4.79 Å². The molecule has 484 valence electrons. The Morgan fingerprint density at radius 2 is 0.820 bits per heavy atom. The van der Waals surface area contributed by atoms with Crippen molar-refractivity contribution in [3.8, 4) is 0 Å². The zero-order chi connectivity index (χ0) is 61.9. The molecule has 9 nitrogen and oxygen atoms in total. The molecule has 7 rings (SSSR count). The summed E-state index contributed by atoms with van der Waals surface area (Å²) in [5.74, 6) is -0.0994. The molecule has 89 heavy (non-hydrogen) atoms. The van der Waals surface area contributed by atoms with E-state index in [4.69, 9.17) is 33.2 Å². The van der Waals surface area contributed by atoms with Crippen LogP contribution in [0.2, 0.25) is 0 Å². The van der Waals surface area contributed by atoms with Crippen molar-refractivity contribution in [3.05, 3.63) is 215 Å². The van der Waals surface area contributed by atoms with Gasteiger partial charge in [0, 0.05) is 18.9 Å². The highest BCUT2D eigenvalue weighted by molar-refractivity contribution is 5.76. The van der Waals surface area contributed by atoms with Gasteiger partial charge in [-0.1, -0.05) is 311 Å². The maximum absolute atomic E-state index is 14.8. The average molecular weight is 1210 g/mol. The van der Waals surface area contributed by atoms with Crippen LogP contribution in [0.3, 0.4) is 0 Å². The van der Waals surface area contributed by atoms with Gasteiger partial charge in [-0.15, -0.1) is 0 Å². The monoisotopic (exact) mass is 1210 g/mol. The molecule has 6 aromatic rings. The fourth-order valence-electron chi connectivity index (χ4n) is 12.5. The van der Waals surface area contributed by atoms with Crippen LogP contribution in [-0.4, -0.2) is 68.4 Å². The zero-order valence-electron chi connectivity index (χ0n) is 54.5. The van der Waals surface area contributed by atoms with Crippen molar-refractivity contribution >= 4 is 5.91 Å². The van der Waals surface area contributed by atoms with Crippen LogP contribution in [-0.2, 0) is 77.4 Å². The van der Waals surface area contributed by atoms with Crippen LogP contribution in [0.1, 0.15) is 201 Å². The molecule has 0 saturated heterocycles. The average Bonchev–Trinajstić information content (AvgIpc) is 3.29. The molecule has 1 saturated carbocycles. The molecule has 0 unspecified atom stereocenters. The quantitative estimate of drug-likeness (QED) is 0.0378. The number of ether oxygens (including phenoxy) is 7. The van der Waals surface area contributed by atoms with Crippen LogP contribution >= 0.6 is 0 Å². The van der Waals surface area contributed by atoms with Gasteiger partial charge in [0.15, 0.2) is 0 Å². The molecular weight excluding hydrogens is 1100 g/mol. The highest BCUT2D eigenvalue weighted by atomic mass is 16.6. The van der Waals surface area contributed by atoms with Gasteiger partial charge in [-0.05, 0) is 71.9 Å². The van der Waals surface area contributed by atoms with Crippen molar-refractivity contribution in [1.82, 2.24) is 5.32 Å². The van der Waals surface area contributed by atoms with E-state index < -0.39 is 30.5 Å². The van der Waals surface area contributed by atoms with Gasteiger partial charge in [0.05, 0.1) is 70.6 Å². The fraction of sp³-hybridized carbons (Fsp3) is 0.537. The van der Waals surface area contributed by atoms with Crippen LogP contribution in [0.25, 0.3) is 0 Å². The number of carbonyl (C=O) groups excluding carboxylic acids is 1. The van der Waals surface area contributed by atoms with Crippen molar-refractivity contribution in [1.29, 1.82) is 0 Å². The standard InChI is InChI=1S/C80H111NO8/c1-3-5-6-7-8-9-10-11-12-16-19-40-55-74(84-59-67-45-30-22-31-46-67)78(87-61-69-49-34-24-35-50-69)73(81-76(82)56-41-20-17-14-13-15-18-27-42-66-43-28-21-29-44-66)65-85-75-58-72(64-83-57-4-2)77(86-60-68-47-32-23-33-48-68)80(89-63-71-53-38-26-39-54-71)79(75)88-62-70-51-36-25-37-52-70/h21-26,28-39,43-54,72-75,77-80H,3-20,27,40-42,55-65H2,1-2H3,(H,81,82)/t72-,73+,74-,75+,77+,78+,79+,80+/m1/s1. The number of aryl methyl sites for hydroxylation is 1. The van der Waals surface area contributed by atoms with Crippen molar-refractivity contribution in [2.45, 2.75) is 250 Å². The molecule has 1 fully saturated rings. The van der Waals surface area contributed by atoms with Gasteiger partial charge in [0.1, 0.15) is 18.3 Å². The summed E-state index contributed by atoms with van der Waals surface area (Å²) in [6.45, 7) is 7.59. The minimum atomic E-state index is -0.569. The van der Waals surface area contributed by atoms with Gasteiger partial charge in [0.25, 0.3) is 0 Å². The second-order valence-electron chi connectivity index (χ2n) is 25.0. The molecule has 1 amide bonds. The molecule has 1 aliphatic rings. The van der Waals surface area contributed by atoms with E-state index in [0.29, 0.717) is 59.1 Å².